The van der Waals surface area contributed by atoms with E-state index in [2.05, 4.69) is 5.32 Å². The van der Waals surface area contributed by atoms with Crippen molar-refractivity contribution < 1.29 is 24.2 Å². The molecule has 0 unspecified atom stereocenters. The fourth-order valence-electron chi connectivity index (χ4n) is 1.22. The Balaban J connectivity index is 2.25. The number of carbonyl (C=O) groups excluding carboxylic acids is 1. The summed E-state index contributed by atoms with van der Waals surface area (Å²) in [5, 5.41) is 10.8. The van der Waals surface area contributed by atoms with Crippen LogP contribution in [0.15, 0.2) is 0 Å². The largest absolute Gasteiger partial charge is 0.480 e. The zero-order valence-corrected chi connectivity index (χ0v) is 8.56. The van der Waals surface area contributed by atoms with E-state index in [1.807, 2.05) is 0 Å². The molecule has 0 bridgehead atoms. The molecule has 0 aromatic rings. The molecule has 0 radical (unpaired) electrons. The van der Waals surface area contributed by atoms with Crippen LogP contribution in [0.2, 0.25) is 0 Å². The van der Waals surface area contributed by atoms with Crippen LogP contribution in [0.25, 0.3) is 0 Å². The van der Waals surface area contributed by atoms with Crippen molar-refractivity contribution in [2.45, 2.75) is 31.9 Å². The maximum absolute atomic E-state index is 11.2. The Kier molecular flexibility index (Phi) is 4.36. The molecule has 1 heterocycles. The zero-order valence-electron chi connectivity index (χ0n) is 8.56. The minimum atomic E-state index is -1.08. The van der Waals surface area contributed by atoms with Crippen LogP contribution in [-0.2, 0) is 14.3 Å². The third-order valence-electron chi connectivity index (χ3n) is 2.15. The van der Waals surface area contributed by atoms with Gasteiger partial charge in [-0.1, -0.05) is 0 Å². The Hall–Kier alpha value is -1.30. The van der Waals surface area contributed by atoms with Gasteiger partial charge in [0.15, 0.2) is 0 Å². The van der Waals surface area contributed by atoms with Crippen molar-refractivity contribution in [2.24, 2.45) is 0 Å². The van der Waals surface area contributed by atoms with Gasteiger partial charge < -0.3 is 19.9 Å². The standard InChI is InChI=1S/C9H15NO5/c1-6(8(11)12)10-9(13)15-7-2-4-14-5-3-7/h6-7H,2-5H2,1H3,(H,10,13)(H,11,12)/t6-/m0/s1. The Morgan fingerprint density at radius 1 is 1.47 bits per heavy atom. The topological polar surface area (TPSA) is 84.9 Å². The van der Waals surface area contributed by atoms with Crippen LogP contribution in [0.4, 0.5) is 4.79 Å². The van der Waals surface area contributed by atoms with Crippen LogP contribution in [0, 0.1) is 0 Å². The van der Waals surface area contributed by atoms with Gasteiger partial charge in [0, 0.05) is 12.8 Å². The van der Waals surface area contributed by atoms with Crippen molar-refractivity contribution >= 4 is 12.1 Å². The minimum Gasteiger partial charge on any atom is -0.480 e. The number of hydrogen-bond donors (Lipinski definition) is 2. The van der Waals surface area contributed by atoms with Crippen molar-refractivity contribution in [2.75, 3.05) is 13.2 Å². The molecule has 15 heavy (non-hydrogen) atoms. The van der Waals surface area contributed by atoms with Crippen LogP contribution in [-0.4, -0.2) is 42.5 Å². The van der Waals surface area contributed by atoms with E-state index >= 15 is 0 Å². The van der Waals surface area contributed by atoms with E-state index in [-0.39, 0.29) is 6.10 Å². The van der Waals surface area contributed by atoms with Gasteiger partial charge in [0.1, 0.15) is 12.1 Å². The second-order valence-electron chi connectivity index (χ2n) is 3.42. The number of alkyl carbamates (subject to hydrolysis) is 1. The average molecular weight is 217 g/mol. The quantitative estimate of drug-likeness (QED) is 0.713. The Labute approximate surface area is 87.5 Å². The summed E-state index contributed by atoms with van der Waals surface area (Å²) in [6.45, 7) is 2.53. The highest BCUT2D eigenvalue weighted by atomic mass is 16.6. The first-order chi connectivity index (χ1) is 7.09. The number of nitrogens with one attached hydrogen (secondary N) is 1. The van der Waals surface area contributed by atoms with E-state index in [9.17, 15) is 9.59 Å². The molecule has 1 amide bonds. The molecule has 1 atom stereocenters. The van der Waals surface area contributed by atoms with Crippen molar-refractivity contribution in [3.05, 3.63) is 0 Å². The van der Waals surface area contributed by atoms with Crippen LogP contribution < -0.4 is 5.32 Å². The number of hydrogen-bond acceptors (Lipinski definition) is 4. The SMILES string of the molecule is C[C@H](NC(=O)OC1CCOCC1)C(=O)O. The molecule has 0 saturated carbocycles. The summed E-state index contributed by atoms with van der Waals surface area (Å²) in [4.78, 5) is 21.6. The molecule has 1 fully saturated rings. The number of rotatable bonds is 3. The number of carboxylic acids is 1. The fraction of sp³-hybridized carbons (Fsp3) is 0.778. The molecule has 0 aromatic carbocycles. The zero-order chi connectivity index (χ0) is 11.3. The van der Waals surface area contributed by atoms with Crippen LogP contribution >= 0.6 is 0 Å². The number of amides is 1. The van der Waals surface area contributed by atoms with Gasteiger partial charge in [-0.3, -0.25) is 4.79 Å². The van der Waals surface area contributed by atoms with Gasteiger partial charge in [-0.15, -0.1) is 0 Å². The molecule has 0 aromatic heterocycles. The third-order valence-corrected chi connectivity index (χ3v) is 2.15. The lowest BCUT2D eigenvalue weighted by Crippen LogP contribution is -2.41. The summed E-state index contributed by atoms with van der Waals surface area (Å²) < 4.78 is 10.1. The summed E-state index contributed by atoms with van der Waals surface area (Å²) in [5.41, 5.74) is 0. The minimum absolute atomic E-state index is 0.167. The maximum Gasteiger partial charge on any atom is 0.408 e. The van der Waals surface area contributed by atoms with Crippen LogP contribution in [0.1, 0.15) is 19.8 Å². The van der Waals surface area contributed by atoms with Crippen molar-refractivity contribution in [3.63, 3.8) is 0 Å². The molecule has 0 spiro atoms. The Bertz CT molecular complexity index is 237. The highest BCUT2D eigenvalue weighted by Crippen LogP contribution is 2.10. The van der Waals surface area contributed by atoms with E-state index < -0.39 is 18.1 Å². The van der Waals surface area contributed by atoms with Crippen molar-refractivity contribution in [1.82, 2.24) is 5.32 Å². The molecule has 0 aliphatic carbocycles. The van der Waals surface area contributed by atoms with Crippen LogP contribution in [0.5, 0.6) is 0 Å². The third kappa shape index (κ3) is 4.16. The maximum atomic E-state index is 11.2. The van der Waals surface area contributed by atoms with Crippen LogP contribution in [0.3, 0.4) is 0 Å². The van der Waals surface area contributed by atoms with Crippen molar-refractivity contribution in [3.8, 4) is 0 Å². The molecule has 1 aliphatic heterocycles. The summed E-state index contributed by atoms with van der Waals surface area (Å²) in [7, 11) is 0. The molecular formula is C9H15NO5. The predicted octanol–water partition coefficient (Wildman–Crippen LogP) is 0.365. The van der Waals surface area contributed by atoms with Gasteiger partial charge in [-0.25, -0.2) is 4.79 Å². The number of carboxylic acid groups (broad SMARTS) is 1. The average Bonchev–Trinajstić information content (AvgIpc) is 2.18. The van der Waals surface area contributed by atoms with E-state index in [0.29, 0.717) is 26.1 Å². The first kappa shape index (κ1) is 11.8. The highest BCUT2D eigenvalue weighted by Gasteiger charge is 2.20. The molecule has 6 heteroatoms. The Morgan fingerprint density at radius 3 is 2.60 bits per heavy atom. The van der Waals surface area contributed by atoms with E-state index in [4.69, 9.17) is 14.6 Å². The highest BCUT2D eigenvalue weighted by molar-refractivity contribution is 5.79. The molecule has 86 valence electrons. The lowest BCUT2D eigenvalue weighted by molar-refractivity contribution is -0.138. The lowest BCUT2D eigenvalue weighted by atomic mass is 10.2. The summed E-state index contributed by atoms with van der Waals surface area (Å²) in [6, 6.07) is -0.933. The van der Waals surface area contributed by atoms with Crippen molar-refractivity contribution in [1.29, 1.82) is 0 Å². The van der Waals surface area contributed by atoms with E-state index in [0.717, 1.165) is 0 Å². The molecular weight excluding hydrogens is 202 g/mol. The predicted molar refractivity (Wildman–Crippen MR) is 50.6 cm³/mol. The number of aliphatic carboxylic acids is 1. The second kappa shape index (κ2) is 5.55. The van der Waals surface area contributed by atoms with Gasteiger partial charge >= 0.3 is 12.1 Å². The summed E-state index contributed by atoms with van der Waals surface area (Å²) in [5.74, 6) is -1.08. The number of ether oxygens (including phenoxy) is 2. The smallest absolute Gasteiger partial charge is 0.408 e. The Morgan fingerprint density at radius 2 is 2.07 bits per heavy atom. The van der Waals surface area contributed by atoms with Gasteiger partial charge in [0.25, 0.3) is 0 Å². The van der Waals surface area contributed by atoms with E-state index in [1.165, 1.54) is 6.92 Å². The number of carbonyl (C=O) groups is 2. The van der Waals surface area contributed by atoms with E-state index in [1.54, 1.807) is 0 Å². The first-order valence-electron chi connectivity index (χ1n) is 4.87. The van der Waals surface area contributed by atoms with Gasteiger partial charge in [0.2, 0.25) is 0 Å². The monoisotopic (exact) mass is 217 g/mol. The normalized spacial score (nSPS) is 19.3. The lowest BCUT2D eigenvalue weighted by Gasteiger charge is -2.22. The second-order valence-corrected chi connectivity index (χ2v) is 3.42. The molecule has 1 saturated heterocycles. The molecule has 2 N–H and O–H groups in total. The fourth-order valence-corrected chi connectivity index (χ4v) is 1.22. The van der Waals surface area contributed by atoms with Gasteiger partial charge in [-0.05, 0) is 6.92 Å². The summed E-state index contributed by atoms with van der Waals surface area (Å²) in [6.07, 6.45) is 0.473. The molecule has 6 nitrogen and oxygen atoms in total. The van der Waals surface area contributed by atoms with Gasteiger partial charge in [0.05, 0.1) is 13.2 Å². The molecule has 1 rings (SSSR count). The summed E-state index contributed by atoms with van der Waals surface area (Å²) >= 11 is 0. The molecule has 1 aliphatic rings. The first-order valence-corrected chi connectivity index (χ1v) is 4.87. The van der Waals surface area contributed by atoms with Gasteiger partial charge in [-0.2, -0.15) is 0 Å².